The molecule has 2 aromatic rings. The predicted octanol–water partition coefficient (Wildman–Crippen LogP) is 1.89. The van der Waals surface area contributed by atoms with Gasteiger partial charge in [-0.25, -0.2) is 0 Å². The van der Waals surface area contributed by atoms with Crippen LogP contribution in [-0.2, 0) is 14.3 Å². The van der Waals surface area contributed by atoms with Crippen molar-refractivity contribution in [3.05, 3.63) is 66.0 Å². The summed E-state index contributed by atoms with van der Waals surface area (Å²) < 4.78 is 4.97. The van der Waals surface area contributed by atoms with Crippen LogP contribution in [0.5, 0.6) is 0 Å². The minimum atomic E-state index is -0.658. The number of carbonyl (C=O) groups is 2. The Morgan fingerprint density at radius 2 is 2.00 bits per heavy atom. The normalized spacial score (nSPS) is 10.5. The van der Waals surface area contributed by atoms with Crippen molar-refractivity contribution >= 4 is 29.9 Å². The number of carbonyl (C=O) groups excluding carboxylic acids is 3. The fourth-order valence-electron chi connectivity index (χ4n) is 2.15. The molecule has 1 aromatic carbocycles. The third-order valence-corrected chi connectivity index (χ3v) is 3.39. The molecule has 0 atom stereocenters. The van der Waals surface area contributed by atoms with Gasteiger partial charge in [0, 0.05) is 25.1 Å². The molecule has 1 N–H and O–H groups in total. The van der Waals surface area contributed by atoms with Crippen molar-refractivity contribution < 1.29 is 19.1 Å². The lowest BCUT2D eigenvalue weighted by atomic mass is 10.1. The zero-order valence-electron chi connectivity index (χ0n) is 14.2. The van der Waals surface area contributed by atoms with Crippen LogP contribution in [0.3, 0.4) is 0 Å². The van der Waals surface area contributed by atoms with Crippen LogP contribution in [0.25, 0.3) is 6.08 Å². The van der Waals surface area contributed by atoms with Gasteiger partial charge in [0.2, 0.25) is 6.29 Å². The molecule has 0 saturated carbocycles. The number of amides is 2. The molecule has 0 aliphatic carbocycles. The molecule has 0 aliphatic heterocycles. The van der Waals surface area contributed by atoms with Crippen LogP contribution in [0.4, 0.5) is 5.69 Å². The van der Waals surface area contributed by atoms with Crippen LogP contribution in [0, 0.1) is 0 Å². The zero-order chi connectivity index (χ0) is 18.8. The van der Waals surface area contributed by atoms with E-state index in [0.29, 0.717) is 6.73 Å². The van der Waals surface area contributed by atoms with Crippen molar-refractivity contribution in [2.24, 2.45) is 0 Å². The highest BCUT2D eigenvalue weighted by molar-refractivity contribution is 6.09. The fourth-order valence-corrected chi connectivity index (χ4v) is 2.15. The number of methoxy groups -OCH3 is 1. The van der Waals surface area contributed by atoms with Crippen LogP contribution in [0.2, 0.25) is 0 Å². The van der Waals surface area contributed by atoms with E-state index in [2.05, 4.69) is 10.3 Å². The largest absolute Gasteiger partial charge is 0.365 e. The number of pyridine rings is 1. The smallest absolute Gasteiger partial charge is 0.279 e. The number of imide groups is 1. The maximum absolute atomic E-state index is 12.4. The second-order valence-electron chi connectivity index (χ2n) is 5.12. The number of para-hydroxylation sites is 1. The highest BCUT2D eigenvalue weighted by Gasteiger charge is 2.21. The van der Waals surface area contributed by atoms with E-state index in [9.17, 15) is 14.4 Å². The van der Waals surface area contributed by atoms with Crippen LogP contribution >= 0.6 is 0 Å². The van der Waals surface area contributed by atoms with Gasteiger partial charge in [0.15, 0.2) is 0 Å². The summed E-state index contributed by atoms with van der Waals surface area (Å²) in [6.45, 7) is -0.161. The van der Waals surface area contributed by atoms with E-state index in [1.54, 1.807) is 37.7 Å². The highest BCUT2D eigenvalue weighted by atomic mass is 16.5. The summed E-state index contributed by atoms with van der Waals surface area (Å²) in [4.78, 5) is 40.3. The summed E-state index contributed by atoms with van der Waals surface area (Å²) in [5.41, 5.74) is 1.58. The average molecular weight is 352 g/mol. The number of rotatable bonds is 8. The summed E-state index contributed by atoms with van der Waals surface area (Å²) in [5, 5.41) is 3.05. The Morgan fingerprint density at radius 1 is 1.23 bits per heavy atom. The molecule has 1 aromatic heterocycles. The topological polar surface area (TPSA) is 88.6 Å². The van der Waals surface area contributed by atoms with Gasteiger partial charge >= 0.3 is 0 Å². The predicted molar refractivity (Wildman–Crippen MR) is 96.9 cm³/mol. The maximum atomic E-state index is 12.4. The van der Waals surface area contributed by atoms with Gasteiger partial charge < -0.3 is 10.1 Å². The molecule has 0 unspecified atom stereocenters. The lowest BCUT2D eigenvalue weighted by Gasteiger charge is -2.15. The SMILES string of the molecule is COCNc1ccccc1/C=C/C(=O)N(C[C]=O)C(=O)c1ccccn1. The number of anilines is 1. The molecule has 133 valence electrons. The van der Waals surface area contributed by atoms with Crippen molar-refractivity contribution in [1.29, 1.82) is 0 Å². The molecule has 1 radical (unpaired) electrons. The Hall–Kier alpha value is -3.32. The quantitative estimate of drug-likeness (QED) is 0.576. The standard InChI is InChI=1S/C19H18N3O4/c1-26-14-21-16-7-3-2-6-15(16)9-10-18(24)22(12-13-23)19(25)17-8-4-5-11-20-17/h2-11,21H,12,14H2,1H3/b10-9+. The Balaban J connectivity index is 2.19. The zero-order valence-corrected chi connectivity index (χ0v) is 14.2. The number of benzene rings is 1. The van der Waals surface area contributed by atoms with Crippen molar-refractivity contribution in [3.63, 3.8) is 0 Å². The second-order valence-corrected chi connectivity index (χ2v) is 5.12. The molecule has 26 heavy (non-hydrogen) atoms. The van der Waals surface area contributed by atoms with E-state index in [1.807, 2.05) is 18.2 Å². The van der Waals surface area contributed by atoms with Crippen molar-refractivity contribution in [2.75, 3.05) is 25.7 Å². The summed E-state index contributed by atoms with van der Waals surface area (Å²) >= 11 is 0. The van der Waals surface area contributed by atoms with E-state index in [4.69, 9.17) is 4.74 Å². The van der Waals surface area contributed by atoms with Crippen molar-refractivity contribution in [2.45, 2.75) is 0 Å². The molecule has 0 fully saturated rings. The minimum absolute atomic E-state index is 0.0756. The first-order chi connectivity index (χ1) is 12.7. The first kappa shape index (κ1) is 19.0. The van der Waals surface area contributed by atoms with Crippen LogP contribution in [0.15, 0.2) is 54.7 Å². The molecular weight excluding hydrogens is 334 g/mol. The maximum Gasteiger partial charge on any atom is 0.279 e. The summed E-state index contributed by atoms with van der Waals surface area (Å²) in [6.07, 6.45) is 5.81. The molecule has 0 aliphatic rings. The molecule has 1 heterocycles. The Labute approximate surface area is 151 Å². The Kier molecular flexibility index (Phi) is 7.20. The summed E-state index contributed by atoms with van der Waals surface area (Å²) in [5.74, 6) is -1.29. The van der Waals surface area contributed by atoms with Crippen molar-refractivity contribution in [3.8, 4) is 0 Å². The molecule has 7 heteroatoms. The molecule has 7 nitrogen and oxygen atoms in total. The monoisotopic (exact) mass is 352 g/mol. The minimum Gasteiger partial charge on any atom is -0.365 e. The highest BCUT2D eigenvalue weighted by Crippen LogP contribution is 2.16. The van der Waals surface area contributed by atoms with Gasteiger partial charge in [0.1, 0.15) is 12.4 Å². The van der Waals surface area contributed by atoms with Crippen molar-refractivity contribution in [1.82, 2.24) is 9.88 Å². The third kappa shape index (κ3) is 5.09. The van der Waals surface area contributed by atoms with Crippen LogP contribution in [-0.4, -0.2) is 48.4 Å². The van der Waals surface area contributed by atoms with E-state index in [1.165, 1.54) is 18.3 Å². The number of aromatic nitrogens is 1. The molecule has 0 spiro atoms. The van der Waals surface area contributed by atoms with Gasteiger partial charge in [-0.2, -0.15) is 0 Å². The second kappa shape index (κ2) is 9.85. The van der Waals surface area contributed by atoms with E-state index in [-0.39, 0.29) is 5.69 Å². The number of ether oxygens (including phenoxy) is 1. The molecular formula is C19H18N3O4. The first-order valence-electron chi connectivity index (χ1n) is 7.79. The van der Waals surface area contributed by atoms with Gasteiger partial charge in [-0.3, -0.25) is 24.3 Å². The van der Waals surface area contributed by atoms with Gasteiger partial charge in [0.25, 0.3) is 11.8 Å². The lowest BCUT2D eigenvalue weighted by Crippen LogP contribution is -2.37. The lowest BCUT2D eigenvalue weighted by molar-refractivity contribution is -0.123. The fraction of sp³-hybridized carbons (Fsp3) is 0.158. The van der Waals surface area contributed by atoms with Gasteiger partial charge in [0.05, 0.1) is 6.54 Å². The van der Waals surface area contributed by atoms with E-state index >= 15 is 0 Å². The van der Waals surface area contributed by atoms with Gasteiger partial charge in [-0.05, 0) is 29.8 Å². The molecule has 0 bridgehead atoms. The third-order valence-electron chi connectivity index (χ3n) is 3.39. The molecule has 2 amide bonds. The van der Waals surface area contributed by atoms with Crippen LogP contribution < -0.4 is 5.32 Å². The van der Waals surface area contributed by atoms with E-state index < -0.39 is 18.4 Å². The van der Waals surface area contributed by atoms with Gasteiger partial charge in [-0.15, -0.1) is 0 Å². The number of nitrogens with zero attached hydrogens (tertiary/aromatic N) is 2. The summed E-state index contributed by atoms with van der Waals surface area (Å²) in [6, 6.07) is 12.0. The summed E-state index contributed by atoms with van der Waals surface area (Å²) in [7, 11) is 1.56. The first-order valence-corrected chi connectivity index (χ1v) is 7.79. The Morgan fingerprint density at radius 3 is 2.69 bits per heavy atom. The number of hydrogen-bond donors (Lipinski definition) is 1. The number of hydrogen-bond acceptors (Lipinski definition) is 6. The van der Waals surface area contributed by atoms with Crippen LogP contribution in [0.1, 0.15) is 16.1 Å². The van der Waals surface area contributed by atoms with Gasteiger partial charge in [-0.1, -0.05) is 24.3 Å². The Bertz CT molecular complexity index is 790. The molecule has 2 rings (SSSR count). The average Bonchev–Trinajstić information content (AvgIpc) is 2.69. The van der Waals surface area contributed by atoms with E-state index in [0.717, 1.165) is 16.2 Å². The molecule has 0 saturated heterocycles. The number of nitrogens with one attached hydrogen (secondary N) is 1.